The number of rotatable bonds is 9. The minimum absolute atomic E-state index is 0.0160. The van der Waals surface area contributed by atoms with Crippen LogP contribution in [0.1, 0.15) is 35.3 Å². The van der Waals surface area contributed by atoms with Gasteiger partial charge < -0.3 is 19.7 Å². The summed E-state index contributed by atoms with van der Waals surface area (Å²) >= 11 is 0. The lowest BCUT2D eigenvalue weighted by atomic mass is 10.0. The number of hydrogen-bond acceptors (Lipinski definition) is 4. The van der Waals surface area contributed by atoms with Gasteiger partial charge in [-0.05, 0) is 50.8 Å². The van der Waals surface area contributed by atoms with Gasteiger partial charge in [-0.25, -0.2) is 0 Å². The van der Waals surface area contributed by atoms with Crippen LogP contribution in [0, 0.1) is 0 Å². The highest BCUT2D eigenvalue weighted by Crippen LogP contribution is 2.27. The number of nitrogens with one attached hydrogen (secondary N) is 1. The first-order valence-electron chi connectivity index (χ1n) is 8.87. The number of methoxy groups -OCH3 is 1. The summed E-state index contributed by atoms with van der Waals surface area (Å²) in [5, 5.41) is 3.02. The minimum atomic E-state index is -0.103. The fourth-order valence-corrected chi connectivity index (χ4v) is 2.73. The van der Waals surface area contributed by atoms with Gasteiger partial charge in [0.05, 0.1) is 19.8 Å². The predicted molar refractivity (Wildman–Crippen MR) is 104 cm³/mol. The summed E-state index contributed by atoms with van der Waals surface area (Å²) in [5.74, 6) is 1.50. The van der Waals surface area contributed by atoms with E-state index in [-0.39, 0.29) is 11.9 Å². The Bertz CT molecular complexity index is 699. The van der Waals surface area contributed by atoms with Gasteiger partial charge in [0.2, 0.25) is 0 Å². The molecule has 0 fully saturated rings. The maximum atomic E-state index is 12.5. The molecule has 1 atom stereocenters. The second-order valence-electron chi connectivity index (χ2n) is 6.30. The van der Waals surface area contributed by atoms with Crippen molar-refractivity contribution in [1.29, 1.82) is 0 Å². The Hall–Kier alpha value is -2.53. The number of nitrogens with zero attached hydrogens (tertiary/aromatic N) is 1. The topological polar surface area (TPSA) is 50.8 Å². The summed E-state index contributed by atoms with van der Waals surface area (Å²) in [7, 11) is 5.64. The average Bonchev–Trinajstić information content (AvgIpc) is 2.66. The van der Waals surface area contributed by atoms with Crippen molar-refractivity contribution in [1.82, 2.24) is 10.2 Å². The van der Waals surface area contributed by atoms with Gasteiger partial charge in [-0.3, -0.25) is 4.79 Å². The van der Waals surface area contributed by atoms with Crippen LogP contribution in [-0.2, 0) is 0 Å². The van der Waals surface area contributed by atoms with Crippen molar-refractivity contribution in [3.63, 3.8) is 0 Å². The quantitative estimate of drug-likeness (QED) is 0.747. The molecule has 5 heteroatoms. The molecule has 0 spiro atoms. The first-order chi connectivity index (χ1) is 12.6. The summed E-state index contributed by atoms with van der Waals surface area (Å²) in [5.41, 5.74) is 1.66. The van der Waals surface area contributed by atoms with Gasteiger partial charge >= 0.3 is 0 Å². The van der Waals surface area contributed by atoms with E-state index in [1.165, 1.54) is 0 Å². The summed E-state index contributed by atoms with van der Waals surface area (Å²) < 4.78 is 11.0. The number of carbonyl (C=O) groups excluding carboxylic acids is 1. The first kappa shape index (κ1) is 19.8. The smallest absolute Gasteiger partial charge is 0.251 e. The Labute approximate surface area is 155 Å². The molecule has 1 amide bonds. The molecule has 5 nitrogen and oxygen atoms in total. The normalized spacial score (nSPS) is 11.9. The molecule has 2 rings (SSSR count). The second kappa shape index (κ2) is 9.82. The summed E-state index contributed by atoms with van der Waals surface area (Å²) in [6.45, 7) is 3.22. The number of likely N-dealkylation sites (N-methyl/N-ethyl adjacent to an activating group) is 1. The number of hydrogen-bond donors (Lipinski definition) is 1. The molecule has 1 N–H and O–H groups in total. The minimum Gasteiger partial charge on any atom is -0.496 e. The molecule has 2 aromatic carbocycles. The molecule has 0 aromatic heterocycles. The van der Waals surface area contributed by atoms with Crippen molar-refractivity contribution in [2.24, 2.45) is 0 Å². The highest BCUT2D eigenvalue weighted by Gasteiger charge is 2.19. The zero-order valence-electron chi connectivity index (χ0n) is 16.0. The SMILES string of the molecule is CCCOc1ccc(C(=O)NC[C@H](c2ccccc2OC)N(C)C)cc1. The molecule has 0 saturated carbocycles. The summed E-state index contributed by atoms with van der Waals surface area (Å²) in [4.78, 5) is 14.6. The van der Waals surface area contributed by atoms with Crippen molar-refractivity contribution in [3.05, 3.63) is 59.7 Å². The van der Waals surface area contributed by atoms with E-state index >= 15 is 0 Å². The van der Waals surface area contributed by atoms with Crippen LogP contribution >= 0.6 is 0 Å². The van der Waals surface area contributed by atoms with Crippen LogP contribution in [0.2, 0.25) is 0 Å². The van der Waals surface area contributed by atoms with Crippen LogP contribution in [0.15, 0.2) is 48.5 Å². The molecule has 0 aliphatic heterocycles. The lowest BCUT2D eigenvalue weighted by Gasteiger charge is -2.26. The molecule has 0 unspecified atom stereocenters. The van der Waals surface area contributed by atoms with Crippen molar-refractivity contribution >= 4 is 5.91 Å². The molecular formula is C21H28N2O3. The van der Waals surface area contributed by atoms with Crippen LogP contribution in [0.5, 0.6) is 11.5 Å². The third-order valence-electron chi connectivity index (χ3n) is 4.17. The third kappa shape index (κ3) is 5.23. The van der Waals surface area contributed by atoms with Crippen LogP contribution in [0.4, 0.5) is 0 Å². The molecule has 2 aromatic rings. The largest absolute Gasteiger partial charge is 0.496 e. The molecule has 26 heavy (non-hydrogen) atoms. The van der Waals surface area contributed by atoms with Crippen molar-refractivity contribution < 1.29 is 14.3 Å². The van der Waals surface area contributed by atoms with Crippen LogP contribution in [0.3, 0.4) is 0 Å². The second-order valence-corrected chi connectivity index (χ2v) is 6.30. The lowest BCUT2D eigenvalue weighted by molar-refractivity contribution is 0.0941. The van der Waals surface area contributed by atoms with Gasteiger partial charge in [0.15, 0.2) is 0 Å². The molecule has 140 valence electrons. The predicted octanol–water partition coefficient (Wildman–Crippen LogP) is 3.52. The van der Waals surface area contributed by atoms with E-state index in [0.717, 1.165) is 23.5 Å². The molecule has 0 radical (unpaired) electrons. The van der Waals surface area contributed by atoms with Gasteiger partial charge in [0, 0.05) is 17.7 Å². The average molecular weight is 356 g/mol. The van der Waals surface area contributed by atoms with E-state index < -0.39 is 0 Å². The van der Waals surface area contributed by atoms with Gasteiger partial charge in [0.1, 0.15) is 11.5 Å². The van der Waals surface area contributed by atoms with Gasteiger partial charge in [-0.2, -0.15) is 0 Å². The van der Waals surface area contributed by atoms with Gasteiger partial charge in [-0.15, -0.1) is 0 Å². The molecule has 0 aliphatic rings. The first-order valence-corrected chi connectivity index (χ1v) is 8.87. The van der Waals surface area contributed by atoms with E-state index in [9.17, 15) is 4.79 Å². The fourth-order valence-electron chi connectivity index (χ4n) is 2.73. The van der Waals surface area contributed by atoms with E-state index in [1.807, 2.05) is 50.5 Å². The highest BCUT2D eigenvalue weighted by atomic mass is 16.5. The highest BCUT2D eigenvalue weighted by molar-refractivity contribution is 5.94. The Morgan fingerprint density at radius 2 is 1.81 bits per heavy atom. The van der Waals surface area contributed by atoms with E-state index in [4.69, 9.17) is 9.47 Å². The van der Waals surface area contributed by atoms with Crippen molar-refractivity contribution in [3.8, 4) is 11.5 Å². The maximum Gasteiger partial charge on any atom is 0.251 e. The molecular weight excluding hydrogens is 328 g/mol. The number of carbonyl (C=O) groups is 1. The van der Waals surface area contributed by atoms with E-state index in [1.54, 1.807) is 19.2 Å². The third-order valence-corrected chi connectivity index (χ3v) is 4.17. The molecule has 0 bridgehead atoms. The van der Waals surface area contributed by atoms with Gasteiger partial charge in [-0.1, -0.05) is 25.1 Å². The summed E-state index contributed by atoms with van der Waals surface area (Å²) in [6, 6.07) is 15.1. The van der Waals surface area contributed by atoms with Crippen LogP contribution in [0.25, 0.3) is 0 Å². The number of para-hydroxylation sites is 1. The standard InChI is InChI=1S/C21H28N2O3/c1-5-14-26-17-12-10-16(11-13-17)21(24)22-15-19(23(2)3)18-8-6-7-9-20(18)25-4/h6-13,19H,5,14-15H2,1-4H3,(H,22,24)/t19-/m1/s1. The van der Waals surface area contributed by atoms with E-state index in [2.05, 4.69) is 17.1 Å². The Morgan fingerprint density at radius 1 is 1.12 bits per heavy atom. The van der Waals surface area contributed by atoms with E-state index in [0.29, 0.717) is 18.7 Å². The van der Waals surface area contributed by atoms with Crippen LogP contribution < -0.4 is 14.8 Å². The zero-order chi connectivity index (χ0) is 18.9. The lowest BCUT2D eigenvalue weighted by Crippen LogP contribution is -2.34. The number of benzene rings is 2. The maximum absolute atomic E-state index is 12.5. The van der Waals surface area contributed by atoms with Gasteiger partial charge in [0.25, 0.3) is 5.91 Å². The summed E-state index contributed by atoms with van der Waals surface area (Å²) in [6.07, 6.45) is 0.955. The van der Waals surface area contributed by atoms with Crippen molar-refractivity contribution in [2.45, 2.75) is 19.4 Å². The molecule has 0 heterocycles. The molecule has 0 aliphatic carbocycles. The zero-order valence-corrected chi connectivity index (χ0v) is 16.0. The number of amides is 1. The Kier molecular flexibility index (Phi) is 7.48. The Morgan fingerprint density at radius 3 is 2.42 bits per heavy atom. The number of ether oxygens (including phenoxy) is 2. The Balaban J connectivity index is 2.03. The fraction of sp³-hybridized carbons (Fsp3) is 0.381. The molecule has 0 saturated heterocycles. The monoisotopic (exact) mass is 356 g/mol. The van der Waals surface area contributed by atoms with Crippen LogP contribution in [-0.4, -0.2) is 45.2 Å². The van der Waals surface area contributed by atoms with Crippen molar-refractivity contribution in [2.75, 3.05) is 34.4 Å².